The van der Waals surface area contributed by atoms with E-state index in [9.17, 15) is 4.79 Å². The fourth-order valence-electron chi connectivity index (χ4n) is 4.94. The van der Waals surface area contributed by atoms with Gasteiger partial charge in [0, 0.05) is 16.8 Å². The van der Waals surface area contributed by atoms with Crippen LogP contribution < -0.4 is 10.0 Å². The van der Waals surface area contributed by atoms with Crippen LogP contribution in [0.15, 0.2) is 24.3 Å². The van der Waals surface area contributed by atoms with Crippen LogP contribution in [-0.2, 0) is 10.5 Å². The molecule has 2 bridgehead atoms. The highest BCUT2D eigenvalue weighted by Crippen LogP contribution is 2.44. The van der Waals surface area contributed by atoms with Gasteiger partial charge < -0.3 is 5.32 Å². The Labute approximate surface area is 173 Å². The van der Waals surface area contributed by atoms with Gasteiger partial charge in [-0.25, -0.2) is 4.72 Å². The molecule has 2 aliphatic carbocycles. The summed E-state index contributed by atoms with van der Waals surface area (Å²) in [5, 5.41) is 4.16. The Hall–Kier alpha value is -0.710. The summed E-state index contributed by atoms with van der Waals surface area (Å²) in [7, 11) is 0. The van der Waals surface area contributed by atoms with Gasteiger partial charge in [0.2, 0.25) is 5.91 Å². The summed E-state index contributed by atoms with van der Waals surface area (Å²) in [5.41, 5.74) is 0.588. The SMILES string of the molecule is CC1CC2CC(C)C(NC(=O)C(C)(C)NSCc3ccc(Cl)cc3)C(C1)C2. The van der Waals surface area contributed by atoms with Crippen molar-refractivity contribution in [3.63, 3.8) is 0 Å². The number of hydrogen-bond acceptors (Lipinski definition) is 3. The lowest BCUT2D eigenvalue weighted by molar-refractivity contribution is -0.128. The van der Waals surface area contributed by atoms with Crippen molar-refractivity contribution in [3.05, 3.63) is 34.9 Å². The minimum Gasteiger partial charge on any atom is -0.351 e. The van der Waals surface area contributed by atoms with Crippen LogP contribution in [0, 0.1) is 23.7 Å². The van der Waals surface area contributed by atoms with E-state index in [-0.39, 0.29) is 5.91 Å². The normalized spacial score (nSPS) is 30.8. The number of halogens is 1. The second kappa shape index (κ2) is 8.75. The van der Waals surface area contributed by atoms with E-state index in [1.807, 2.05) is 38.1 Å². The third-order valence-corrected chi connectivity index (χ3v) is 7.63. The Kier molecular flexibility index (Phi) is 6.81. The van der Waals surface area contributed by atoms with E-state index in [1.165, 1.54) is 31.2 Å². The summed E-state index contributed by atoms with van der Waals surface area (Å²) < 4.78 is 3.36. The molecule has 2 fully saturated rings. The molecule has 0 saturated heterocycles. The molecule has 0 aliphatic heterocycles. The fraction of sp³-hybridized carbons (Fsp3) is 0.682. The maximum Gasteiger partial charge on any atom is 0.240 e. The molecular weight excluding hydrogens is 376 g/mol. The molecule has 1 amide bonds. The first-order chi connectivity index (χ1) is 12.7. The molecule has 3 nitrogen and oxygen atoms in total. The van der Waals surface area contributed by atoms with E-state index in [2.05, 4.69) is 23.9 Å². The van der Waals surface area contributed by atoms with Crippen molar-refractivity contribution in [3.8, 4) is 0 Å². The molecule has 1 aromatic carbocycles. The largest absolute Gasteiger partial charge is 0.351 e. The first kappa shape index (κ1) is 21.0. The molecule has 2 saturated carbocycles. The molecule has 5 heteroatoms. The van der Waals surface area contributed by atoms with E-state index in [0.717, 1.165) is 22.6 Å². The van der Waals surface area contributed by atoms with Gasteiger partial charge in [-0.3, -0.25) is 4.79 Å². The molecule has 0 spiro atoms. The van der Waals surface area contributed by atoms with Crippen molar-refractivity contribution >= 4 is 29.5 Å². The molecule has 0 heterocycles. The summed E-state index contributed by atoms with van der Waals surface area (Å²) in [6, 6.07) is 8.16. The van der Waals surface area contributed by atoms with E-state index in [1.54, 1.807) is 11.9 Å². The Balaban J connectivity index is 1.53. The zero-order valence-corrected chi connectivity index (χ0v) is 18.5. The molecule has 3 rings (SSSR count). The van der Waals surface area contributed by atoms with Gasteiger partial charge in [0.25, 0.3) is 0 Å². The van der Waals surface area contributed by atoms with Crippen molar-refractivity contribution < 1.29 is 4.79 Å². The van der Waals surface area contributed by atoms with Crippen LogP contribution in [0.2, 0.25) is 5.02 Å². The lowest BCUT2D eigenvalue weighted by Crippen LogP contribution is -2.58. The lowest BCUT2D eigenvalue weighted by atomic mass is 9.63. The molecule has 2 N–H and O–H groups in total. The fourth-order valence-corrected chi connectivity index (χ4v) is 5.95. The average Bonchev–Trinajstić information content (AvgIpc) is 2.59. The second-order valence-electron chi connectivity index (χ2n) is 9.29. The Morgan fingerprint density at radius 3 is 2.56 bits per heavy atom. The highest BCUT2D eigenvalue weighted by molar-refractivity contribution is 7.96. The summed E-state index contributed by atoms with van der Waals surface area (Å²) in [6.07, 6.45) is 5.17. The first-order valence-corrected chi connectivity index (χ1v) is 11.6. The zero-order chi connectivity index (χ0) is 19.6. The molecule has 1 aromatic rings. The number of amides is 1. The predicted octanol–water partition coefficient (Wildman–Crippen LogP) is 5.43. The van der Waals surface area contributed by atoms with Crippen LogP contribution in [0.5, 0.6) is 0 Å². The number of hydrogen-bond donors (Lipinski definition) is 2. The van der Waals surface area contributed by atoms with Gasteiger partial charge >= 0.3 is 0 Å². The summed E-state index contributed by atoms with van der Waals surface area (Å²) >= 11 is 7.51. The minimum atomic E-state index is -0.603. The number of carbonyl (C=O) groups is 1. The van der Waals surface area contributed by atoms with Crippen molar-refractivity contribution in [1.29, 1.82) is 0 Å². The van der Waals surface area contributed by atoms with E-state index in [4.69, 9.17) is 11.6 Å². The number of rotatable bonds is 6. The molecular formula is C22H33ClN2OS. The monoisotopic (exact) mass is 408 g/mol. The Morgan fingerprint density at radius 1 is 1.15 bits per heavy atom. The topological polar surface area (TPSA) is 41.1 Å². The van der Waals surface area contributed by atoms with Gasteiger partial charge in [-0.2, -0.15) is 0 Å². The van der Waals surface area contributed by atoms with Crippen molar-refractivity contribution in [2.45, 2.75) is 70.7 Å². The van der Waals surface area contributed by atoms with Gasteiger partial charge in [-0.1, -0.05) is 49.5 Å². The third-order valence-electron chi connectivity index (χ3n) is 6.25. The quantitative estimate of drug-likeness (QED) is 0.616. The lowest BCUT2D eigenvalue weighted by Gasteiger charge is -2.47. The average molecular weight is 409 g/mol. The number of fused-ring (bicyclic) bond motifs is 2. The van der Waals surface area contributed by atoms with Gasteiger partial charge in [0.05, 0.1) is 0 Å². The van der Waals surface area contributed by atoms with Gasteiger partial charge in [0.15, 0.2) is 0 Å². The van der Waals surface area contributed by atoms with Crippen molar-refractivity contribution in [2.75, 3.05) is 0 Å². The maximum atomic E-state index is 13.0. The van der Waals surface area contributed by atoms with Crippen molar-refractivity contribution in [1.82, 2.24) is 10.0 Å². The molecule has 5 atom stereocenters. The highest BCUT2D eigenvalue weighted by atomic mass is 35.5. The minimum absolute atomic E-state index is 0.111. The standard InChI is InChI=1S/C22H33ClN2OS/c1-14-9-17-11-15(2)20(18(10-14)12-17)24-21(26)22(3,4)25-27-13-16-5-7-19(23)8-6-16/h5-8,14-15,17-18,20,25H,9-13H2,1-4H3,(H,24,26). The number of benzene rings is 1. The summed E-state index contributed by atoms with van der Waals surface area (Å²) in [5.74, 6) is 3.78. The molecule has 150 valence electrons. The molecule has 2 aliphatic rings. The Morgan fingerprint density at radius 2 is 1.85 bits per heavy atom. The van der Waals surface area contributed by atoms with Crippen LogP contribution in [-0.4, -0.2) is 17.5 Å². The smallest absolute Gasteiger partial charge is 0.240 e. The van der Waals surface area contributed by atoms with Crippen LogP contribution in [0.1, 0.15) is 58.9 Å². The van der Waals surface area contributed by atoms with Crippen LogP contribution in [0.25, 0.3) is 0 Å². The van der Waals surface area contributed by atoms with Crippen LogP contribution in [0.4, 0.5) is 0 Å². The highest BCUT2D eigenvalue weighted by Gasteiger charge is 2.42. The zero-order valence-electron chi connectivity index (χ0n) is 16.9. The summed E-state index contributed by atoms with van der Waals surface area (Å²) in [6.45, 7) is 8.62. The van der Waals surface area contributed by atoms with Crippen LogP contribution in [0.3, 0.4) is 0 Å². The molecule has 27 heavy (non-hydrogen) atoms. The van der Waals surface area contributed by atoms with Crippen molar-refractivity contribution in [2.24, 2.45) is 23.7 Å². The Bertz CT molecular complexity index is 644. The molecule has 0 radical (unpaired) electrons. The second-order valence-corrected chi connectivity index (χ2v) is 10.5. The van der Waals surface area contributed by atoms with Crippen LogP contribution >= 0.6 is 23.5 Å². The number of carbonyl (C=O) groups excluding carboxylic acids is 1. The molecule has 5 unspecified atom stereocenters. The number of nitrogens with one attached hydrogen (secondary N) is 2. The predicted molar refractivity (Wildman–Crippen MR) is 116 cm³/mol. The molecule has 0 aromatic heterocycles. The first-order valence-electron chi connectivity index (χ1n) is 10.2. The van der Waals surface area contributed by atoms with E-state index in [0.29, 0.717) is 17.9 Å². The van der Waals surface area contributed by atoms with E-state index < -0.39 is 5.54 Å². The van der Waals surface area contributed by atoms with E-state index >= 15 is 0 Å². The van der Waals surface area contributed by atoms with Gasteiger partial charge in [0.1, 0.15) is 5.54 Å². The third kappa shape index (κ3) is 5.42. The summed E-state index contributed by atoms with van der Waals surface area (Å²) in [4.78, 5) is 13.0. The van der Waals surface area contributed by atoms with Gasteiger partial charge in [-0.05, 0) is 80.9 Å². The maximum absolute atomic E-state index is 13.0. The van der Waals surface area contributed by atoms with Gasteiger partial charge in [-0.15, -0.1) is 0 Å².